The summed E-state index contributed by atoms with van der Waals surface area (Å²) in [6.07, 6.45) is 1.63. The van der Waals surface area contributed by atoms with Gasteiger partial charge in [-0.25, -0.2) is 4.79 Å². The van der Waals surface area contributed by atoms with E-state index in [0.717, 1.165) is 16.8 Å². The van der Waals surface area contributed by atoms with Crippen LogP contribution in [0.1, 0.15) is 11.1 Å². The lowest BCUT2D eigenvalue weighted by Crippen LogP contribution is -2.20. The van der Waals surface area contributed by atoms with E-state index in [2.05, 4.69) is 26.1 Å². The van der Waals surface area contributed by atoms with E-state index in [0.29, 0.717) is 22.2 Å². The van der Waals surface area contributed by atoms with Gasteiger partial charge >= 0.3 is 6.03 Å². The SMILES string of the molecule is Cc1ccc(-n2cnnc2SCC(=O)Nc2cc(NC(=O)Nc3ccccc3)ccc2C)cc1. The molecule has 4 rings (SSSR count). The summed E-state index contributed by atoms with van der Waals surface area (Å²) in [5.74, 6) is -0.0201. The van der Waals surface area contributed by atoms with Crippen molar-refractivity contribution in [2.75, 3.05) is 21.7 Å². The maximum absolute atomic E-state index is 12.6. The Morgan fingerprint density at radius 3 is 2.38 bits per heavy atom. The van der Waals surface area contributed by atoms with E-state index < -0.39 is 0 Å². The highest BCUT2D eigenvalue weighted by molar-refractivity contribution is 7.99. The fraction of sp³-hybridized carbons (Fsp3) is 0.120. The standard InChI is InChI=1S/C25H24N6O2S/c1-17-8-12-21(13-9-17)31-16-26-30-25(31)34-15-23(32)29-22-14-20(11-10-18(22)2)28-24(33)27-19-6-4-3-5-7-19/h3-14,16H,15H2,1-2H3,(H,29,32)(H2,27,28,33). The van der Waals surface area contributed by atoms with Crippen molar-refractivity contribution in [3.8, 4) is 5.69 Å². The van der Waals surface area contributed by atoms with Gasteiger partial charge in [0, 0.05) is 22.7 Å². The Hall–Kier alpha value is -4.11. The minimum Gasteiger partial charge on any atom is -0.325 e. The van der Waals surface area contributed by atoms with E-state index >= 15 is 0 Å². The Balaban J connectivity index is 1.36. The number of carbonyl (C=O) groups is 2. The molecule has 8 nitrogen and oxygen atoms in total. The third-order valence-corrected chi connectivity index (χ3v) is 5.91. The van der Waals surface area contributed by atoms with Crippen molar-refractivity contribution in [2.24, 2.45) is 0 Å². The number of nitrogens with zero attached hydrogens (tertiary/aromatic N) is 3. The Bertz CT molecular complexity index is 1290. The van der Waals surface area contributed by atoms with Crippen molar-refractivity contribution < 1.29 is 9.59 Å². The Labute approximate surface area is 201 Å². The zero-order valence-corrected chi connectivity index (χ0v) is 19.6. The van der Waals surface area contributed by atoms with Gasteiger partial charge in [-0.1, -0.05) is 53.7 Å². The molecule has 0 unspecified atom stereocenters. The summed E-state index contributed by atoms with van der Waals surface area (Å²) >= 11 is 1.30. The second-order valence-electron chi connectivity index (χ2n) is 7.63. The molecule has 3 aromatic carbocycles. The van der Waals surface area contributed by atoms with Crippen LogP contribution in [0.4, 0.5) is 21.9 Å². The van der Waals surface area contributed by atoms with Crippen molar-refractivity contribution in [3.05, 3.63) is 90.3 Å². The molecule has 0 aliphatic heterocycles. The zero-order valence-electron chi connectivity index (χ0n) is 18.8. The van der Waals surface area contributed by atoms with Gasteiger partial charge in [-0.3, -0.25) is 9.36 Å². The van der Waals surface area contributed by atoms with Crippen LogP contribution in [0.5, 0.6) is 0 Å². The summed E-state index contributed by atoms with van der Waals surface area (Å²) in [5, 5.41) is 17.2. The van der Waals surface area contributed by atoms with Crippen molar-refractivity contribution in [2.45, 2.75) is 19.0 Å². The monoisotopic (exact) mass is 472 g/mol. The number of thioether (sulfide) groups is 1. The summed E-state index contributed by atoms with van der Waals surface area (Å²) in [6.45, 7) is 3.92. The second-order valence-corrected chi connectivity index (χ2v) is 8.57. The minimum absolute atomic E-state index is 0.163. The summed E-state index contributed by atoms with van der Waals surface area (Å²) in [5.41, 5.74) is 4.87. The predicted octanol–water partition coefficient (Wildman–Crippen LogP) is 5.26. The van der Waals surface area contributed by atoms with Gasteiger partial charge in [0.2, 0.25) is 5.91 Å². The molecule has 3 N–H and O–H groups in total. The van der Waals surface area contributed by atoms with Crippen LogP contribution in [0.2, 0.25) is 0 Å². The summed E-state index contributed by atoms with van der Waals surface area (Å²) in [7, 11) is 0. The highest BCUT2D eigenvalue weighted by Crippen LogP contribution is 2.23. The second kappa shape index (κ2) is 10.7. The highest BCUT2D eigenvalue weighted by atomic mass is 32.2. The van der Waals surface area contributed by atoms with E-state index in [4.69, 9.17) is 0 Å². The summed E-state index contributed by atoms with van der Waals surface area (Å²) in [4.78, 5) is 24.9. The van der Waals surface area contributed by atoms with Crippen LogP contribution in [-0.4, -0.2) is 32.5 Å². The van der Waals surface area contributed by atoms with Crippen molar-refractivity contribution >= 4 is 40.8 Å². The van der Waals surface area contributed by atoms with Crippen molar-refractivity contribution in [3.63, 3.8) is 0 Å². The van der Waals surface area contributed by atoms with Crippen LogP contribution in [0, 0.1) is 13.8 Å². The van der Waals surface area contributed by atoms with Crippen molar-refractivity contribution in [1.82, 2.24) is 14.8 Å². The lowest BCUT2D eigenvalue weighted by atomic mass is 10.2. The fourth-order valence-corrected chi connectivity index (χ4v) is 3.90. The Morgan fingerprint density at radius 1 is 0.882 bits per heavy atom. The van der Waals surface area contributed by atoms with Crippen LogP contribution >= 0.6 is 11.8 Å². The van der Waals surface area contributed by atoms with Crippen LogP contribution in [-0.2, 0) is 4.79 Å². The lowest BCUT2D eigenvalue weighted by molar-refractivity contribution is -0.113. The fourth-order valence-electron chi connectivity index (χ4n) is 3.17. The van der Waals surface area contributed by atoms with E-state index in [1.807, 2.05) is 66.9 Å². The van der Waals surface area contributed by atoms with Crippen LogP contribution < -0.4 is 16.0 Å². The molecule has 0 saturated carbocycles. The molecule has 0 radical (unpaired) electrons. The highest BCUT2D eigenvalue weighted by Gasteiger charge is 2.12. The number of anilines is 3. The molecule has 0 aliphatic rings. The molecule has 0 aliphatic carbocycles. The first kappa shape index (κ1) is 23.1. The number of para-hydroxylation sites is 1. The minimum atomic E-state index is -0.363. The van der Waals surface area contributed by atoms with Gasteiger partial charge in [-0.05, 0) is 55.8 Å². The Morgan fingerprint density at radius 2 is 1.62 bits per heavy atom. The van der Waals surface area contributed by atoms with E-state index in [1.54, 1.807) is 30.6 Å². The first-order chi connectivity index (χ1) is 16.5. The molecule has 0 bridgehead atoms. The van der Waals surface area contributed by atoms with Gasteiger partial charge < -0.3 is 16.0 Å². The number of aryl methyl sites for hydroxylation is 2. The number of benzene rings is 3. The van der Waals surface area contributed by atoms with E-state index in [1.165, 1.54) is 11.8 Å². The topological polar surface area (TPSA) is 101 Å². The number of urea groups is 1. The maximum atomic E-state index is 12.6. The first-order valence-electron chi connectivity index (χ1n) is 10.6. The van der Waals surface area contributed by atoms with Gasteiger partial charge in [0.25, 0.3) is 0 Å². The van der Waals surface area contributed by atoms with Crippen LogP contribution in [0.25, 0.3) is 5.69 Å². The number of amides is 3. The number of aromatic nitrogens is 3. The van der Waals surface area contributed by atoms with Crippen molar-refractivity contribution in [1.29, 1.82) is 0 Å². The molecule has 3 amide bonds. The molecule has 0 atom stereocenters. The van der Waals surface area contributed by atoms with E-state index in [-0.39, 0.29) is 17.7 Å². The largest absolute Gasteiger partial charge is 0.325 e. The normalized spacial score (nSPS) is 10.5. The molecule has 1 aromatic heterocycles. The van der Waals surface area contributed by atoms with Gasteiger partial charge in [0.05, 0.1) is 5.75 Å². The predicted molar refractivity (Wildman–Crippen MR) is 136 cm³/mol. The lowest BCUT2D eigenvalue weighted by Gasteiger charge is -2.12. The first-order valence-corrected chi connectivity index (χ1v) is 11.6. The molecular formula is C25H24N6O2S. The van der Waals surface area contributed by atoms with Gasteiger partial charge in [-0.15, -0.1) is 10.2 Å². The summed E-state index contributed by atoms with van der Waals surface area (Å²) < 4.78 is 1.85. The quantitative estimate of drug-likeness (QED) is 0.319. The molecule has 0 fully saturated rings. The van der Waals surface area contributed by atoms with Crippen LogP contribution in [0.3, 0.4) is 0 Å². The number of nitrogens with one attached hydrogen (secondary N) is 3. The third kappa shape index (κ3) is 6.02. The Kier molecular flexibility index (Phi) is 7.24. The molecule has 172 valence electrons. The number of carbonyl (C=O) groups excluding carboxylic acids is 2. The molecule has 9 heteroatoms. The molecular weight excluding hydrogens is 448 g/mol. The smallest absolute Gasteiger partial charge is 0.323 e. The van der Waals surface area contributed by atoms with Gasteiger partial charge in [0.15, 0.2) is 5.16 Å². The molecule has 34 heavy (non-hydrogen) atoms. The molecule has 4 aromatic rings. The maximum Gasteiger partial charge on any atom is 0.323 e. The van der Waals surface area contributed by atoms with Gasteiger partial charge in [-0.2, -0.15) is 0 Å². The van der Waals surface area contributed by atoms with Crippen LogP contribution in [0.15, 0.2) is 84.3 Å². The zero-order chi connectivity index (χ0) is 23.9. The third-order valence-electron chi connectivity index (χ3n) is 4.96. The average molecular weight is 473 g/mol. The number of hydrogen-bond acceptors (Lipinski definition) is 5. The summed E-state index contributed by atoms with van der Waals surface area (Å²) in [6, 6.07) is 22.2. The van der Waals surface area contributed by atoms with Gasteiger partial charge in [0.1, 0.15) is 6.33 Å². The molecule has 0 spiro atoms. The molecule has 1 heterocycles. The number of hydrogen-bond donors (Lipinski definition) is 3. The number of rotatable bonds is 7. The average Bonchev–Trinajstić information content (AvgIpc) is 3.30. The molecule has 0 saturated heterocycles. The van der Waals surface area contributed by atoms with E-state index in [9.17, 15) is 9.59 Å².